The Bertz CT molecular complexity index is 599. The number of rotatable bonds is 2. The SMILES string of the molecule is N#Cc1cccc(N2C(=O)CN(C3CCCC3)C2=O)c1. The number of carbonyl (C=O) groups is 2. The third-order valence-corrected chi connectivity index (χ3v) is 3.99. The normalized spacial score (nSPS) is 19.8. The highest BCUT2D eigenvalue weighted by atomic mass is 16.2. The van der Waals surface area contributed by atoms with Crippen LogP contribution in [0.4, 0.5) is 10.5 Å². The van der Waals surface area contributed by atoms with Crippen LogP contribution in [0.2, 0.25) is 0 Å². The van der Waals surface area contributed by atoms with E-state index < -0.39 is 0 Å². The Labute approximate surface area is 117 Å². The summed E-state index contributed by atoms with van der Waals surface area (Å²) in [7, 11) is 0. The number of nitrogens with zero attached hydrogens (tertiary/aromatic N) is 3. The van der Waals surface area contributed by atoms with Crippen LogP contribution in [0.1, 0.15) is 31.2 Å². The number of amides is 3. The molecule has 5 nitrogen and oxygen atoms in total. The summed E-state index contributed by atoms with van der Waals surface area (Å²) in [6.45, 7) is 0.153. The molecule has 0 atom stereocenters. The second kappa shape index (κ2) is 4.97. The molecule has 20 heavy (non-hydrogen) atoms. The lowest BCUT2D eigenvalue weighted by molar-refractivity contribution is -0.116. The summed E-state index contributed by atoms with van der Waals surface area (Å²) < 4.78 is 0. The van der Waals surface area contributed by atoms with Crippen molar-refractivity contribution < 1.29 is 9.59 Å². The molecule has 1 aliphatic heterocycles. The van der Waals surface area contributed by atoms with Crippen molar-refractivity contribution >= 4 is 17.6 Å². The Morgan fingerprint density at radius 1 is 1.20 bits per heavy atom. The van der Waals surface area contributed by atoms with Crippen LogP contribution in [-0.4, -0.2) is 29.4 Å². The molecule has 0 spiro atoms. The van der Waals surface area contributed by atoms with Gasteiger partial charge in [-0.05, 0) is 31.0 Å². The van der Waals surface area contributed by atoms with E-state index in [0.717, 1.165) is 25.7 Å². The van der Waals surface area contributed by atoms with E-state index in [1.807, 2.05) is 6.07 Å². The van der Waals surface area contributed by atoms with Gasteiger partial charge in [-0.1, -0.05) is 18.9 Å². The van der Waals surface area contributed by atoms with Gasteiger partial charge in [-0.2, -0.15) is 5.26 Å². The molecule has 1 saturated heterocycles. The van der Waals surface area contributed by atoms with Crippen molar-refractivity contribution in [2.45, 2.75) is 31.7 Å². The lowest BCUT2D eigenvalue weighted by atomic mass is 10.2. The Kier molecular flexibility index (Phi) is 3.15. The van der Waals surface area contributed by atoms with E-state index in [1.54, 1.807) is 29.2 Å². The minimum absolute atomic E-state index is 0.153. The summed E-state index contributed by atoms with van der Waals surface area (Å²) in [5.74, 6) is -0.211. The van der Waals surface area contributed by atoms with Crippen molar-refractivity contribution in [2.75, 3.05) is 11.4 Å². The van der Waals surface area contributed by atoms with E-state index in [9.17, 15) is 9.59 Å². The Balaban J connectivity index is 1.88. The fourth-order valence-corrected chi connectivity index (χ4v) is 2.99. The van der Waals surface area contributed by atoms with Crippen LogP contribution in [-0.2, 0) is 4.79 Å². The fourth-order valence-electron chi connectivity index (χ4n) is 2.99. The first-order valence-electron chi connectivity index (χ1n) is 6.84. The van der Waals surface area contributed by atoms with Crippen molar-refractivity contribution in [3.63, 3.8) is 0 Å². The lowest BCUT2D eigenvalue weighted by Crippen LogP contribution is -2.38. The number of urea groups is 1. The third kappa shape index (κ3) is 2.03. The molecule has 1 aromatic carbocycles. The van der Waals surface area contributed by atoms with Gasteiger partial charge in [0.2, 0.25) is 0 Å². The zero-order chi connectivity index (χ0) is 14.1. The molecular weight excluding hydrogens is 254 g/mol. The van der Waals surface area contributed by atoms with Gasteiger partial charge < -0.3 is 4.90 Å². The van der Waals surface area contributed by atoms with E-state index in [1.165, 1.54) is 4.90 Å². The summed E-state index contributed by atoms with van der Waals surface area (Å²) >= 11 is 0. The Hall–Kier alpha value is -2.35. The average molecular weight is 269 g/mol. The summed E-state index contributed by atoms with van der Waals surface area (Å²) in [6.07, 6.45) is 4.19. The molecular formula is C15H15N3O2. The first-order chi connectivity index (χ1) is 9.70. The van der Waals surface area contributed by atoms with Gasteiger partial charge in [0.05, 0.1) is 17.3 Å². The highest BCUT2D eigenvalue weighted by Gasteiger charge is 2.41. The molecule has 102 valence electrons. The molecule has 1 saturated carbocycles. The van der Waals surface area contributed by atoms with Gasteiger partial charge in [-0.15, -0.1) is 0 Å². The summed E-state index contributed by atoms with van der Waals surface area (Å²) in [5.41, 5.74) is 0.932. The first-order valence-corrected chi connectivity index (χ1v) is 6.84. The first kappa shape index (κ1) is 12.7. The van der Waals surface area contributed by atoms with Crippen LogP contribution in [0.25, 0.3) is 0 Å². The topological polar surface area (TPSA) is 64.4 Å². The van der Waals surface area contributed by atoms with Gasteiger partial charge in [0, 0.05) is 6.04 Å². The Morgan fingerprint density at radius 2 is 1.95 bits per heavy atom. The van der Waals surface area contributed by atoms with Gasteiger partial charge in [-0.25, -0.2) is 9.69 Å². The maximum Gasteiger partial charge on any atom is 0.332 e. The number of hydrogen-bond donors (Lipinski definition) is 0. The summed E-state index contributed by atoms with van der Waals surface area (Å²) in [5, 5.41) is 8.91. The lowest BCUT2D eigenvalue weighted by Gasteiger charge is -2.22. The summed E-state index contributed by atoms with van der Waals surface area (Å²) in [4.78, 5) is 27.5. The predicted molar refractivity (Wildman–Crippen MR) is 73.0 cm³/mol. The van der Waals surface area contributed by atoms with Crippen LogP contribution in [0.15, 0.2) is 24.3 Å². The zero-order valence-electron chi connectivity index (χ0n) is 11.1. The van der Waals surface area contributed by atoms with Crippen LogP contribution in [0.5, 0.6) is 0 Å². The van der Waals surface area contributed by atoms with E-state index >= 15 is 0 Å². The molecule has 3 amide bonds. The molecule has 2 aliphatic rings. The molecule has 0 N–H and O–H groups in total. The van der Waals surface area contributed by atoms with Crippen molar-refractivity contribution in [1.29, 1.82) is 5.26 Å². The molecule has 3 rings (SSSR count). The molecule has 1 heterocycles. The predicted octanol–water partition coefficient (Wildman–Crippen LogP) is 2.27. The third-order valence-electron chi connectivity index (χ3n) is 3.99. The number of carbonyl (C=O) groups excluding carboxylic acids is 2. The summed E-state index contributed by atoms with van der Waals surface area (Å²) in [6, 6.07) is 8.57. The van der Waals surface area contributed by atoms with Crippen molar-refractivity contribution in [2.24, 2.45) is 0 Å². The smallest absolute Gasteiger partial charge is 0.312 e. The average Bonchev–Trinajstić information content (AvgIpc) is 3.07. The fraction of sp³-hybridized carbons (Fsp3) is 0.400. The minimum atomic E-state index is -0.253. The van der Waals surface area contributed by atoms with Crippen LogP contribution >= 0.6 is 0 Å². The largest absolute Gasteiger partial charge is 0.332 e. The van der Waals surface area contributed by atoms with E-state index in [4.69, 9.17) is 5.26 Å². The molecule has 2 fully saturated rings. The van der Waals surface area contributed by atoms with Gasteiger partial charge in [0.25, 0.3) is 5.91 Å². The zero-order valence-corrected chi connectivity index (χ0v) is 11.1. The van der Waals surface area contributed by atoms with Gasteiger partial charge in [0.15, 0.2) is 0 Å². The molecule has 0 radical (unpaired) electrons. The van der Waals surface area contributed by atoms with E-state index in [0.29, 0.717) is 11.3 Å². The van der Waals surface area contributed by atoms with Crippen molar-refractivity contribution in [3.8, 4) is 6.07 Å². The van der Waals surface area contributed by atoms with Gasteiger partial charge in [-0.3, -0.25) is 4.79 Å². The highest BCUT2D eigenvalue weighted by Crippen LogP contribution is 2.29. The van der Waals surface area contributed by atoms with E-state index in [-0.39, 0.29) is 24.5 Å². The molecule has 0 bridgehead atoms. The number of nitriles is 1. The van der Waals surface area contributed by atoms with E-state index in [2.05, 4.69) is 0 Å². The molecule has 1 aliphatic carbocycles. The van der Waals surface area contributed by atoms with Crippen LogP contribution in [0, 0.1) is 11.3 Å². The van der Waals surface area contributed by atoms with Crippen molar-refractivity contribution in [1.82, 2.24) is 4.90 Å². The monoisotopic (exact) mass is 269 g/mol. The van der Waals surface area contributed by atoms with Crippen LogP contribution in [0.3, 0.4) is 0 Å². The number of anilines is 1. The molecule has 5 heteroatoms. The maximum atomic E-state index is 12.5. The second-order valence-electron chi connectivity index (χ2n) is 5.24. The second-order valence-corrected chi connectivity index (χ2v) is 5.24. The van der Waals surface area contributed by atoms with Crippen molar-refractivity contribution in [3.05, 3.63) is 29.8 Å². The minimum Gasteiger partial charge on any atom is -0.312 e. The highest BCUT2D eigenvalue weighted by molar-refractivity contribution is 6.19. The standard InChI is InChI=1S/C15H15N3O2/c16-9-11-4-3-7-13(8-11)18-14(19)10-17(15(18)20)12-5-1-2-6-12/h3-4,7-8,12H,1-2,5-6,10H2. The van der Waals surface area contributed by atoms with Gasteiger partial charge >= 0.3 is 6.03 Å². The van der Waals surface area contributed by atoms with Gasteiger partial charge in [0.1, 0.15) is 6.54 Å². The maximum absolute atomic E-state index is 12.5. The molecule has 1 aromatic rings. The molecule has 0 unspecified atom stereocenters. The number of imide groups is 1. The van der Waals surface area contributed by atoms with Crippen LogP contribution < -0.4 is 4.90 Å². The Morgan fingerprint density at radius 3 is 2.65 bits per heavy atom. The quantitative estimate of drug-likeness (QED) is 0.774. The molecule has 0 aromatic heterocycles. The number of benzene rings is 1. The number of hydrogen-bond acceptors (Lipinski definition) is 3.